The van der Waals surface area contributed by atoms with Crippen LogP contribution in [0.3, 0.4) is 0 Å². The molecule has 0 heterocycles. The van der Waals surface area contributed by atoms with E-state index in [1.165, 1.54) is 13.8 Å². The minimum Gasteiger partial charge on any atom is -0.366 e. The smallest absolute Gasteiger partial charge is 0.221 e. The van der Waals surface area contributed by atoms with E-state index in [1.807, 2.05) is 0 Å². The van der Waals surface area contributed by atoms with Crippen molar-refractivity contribution in [2.24, 2.45) is 4.99 Å². The summed E-state index contributed by atoms with van der Waals surface area (Å²) in [6, 6.07) is 6.27. The monoisotopic (exact) mass is 225 g/mol. The molecule has 0 saturated carbocycles. The lowest BCUT2D eigenvalue weighted by Crippen LogP contribution is -2.17. The average molecular weight is 225 g/mol. The van der Waals surface area contributed by atoms with E-state index < -0.39 is 14.0 Å². The lowest BCUT2D eigenvalue weighted by atomic mass is 10.3. The number of carbonyl (C=O) groups is 1. The summed E-state index contributed by atoms with van der Waals surface area (Å²) in [7, 11) is 0. The van der Waals surface area contributed by atoms with Crippen LogP contribution in [0.5, 0.6) is 0 Å². The summed E-state index contributed by atoms with van der Waals surface area (Å²) >= 11 is 0. The normalized spacial score (nSPS) is 18.2. The van der Waals surface area contributed by atoms with Crippen molar-refractivity contribution in [2.75, 3.05) is 19.3 Å². The highest BCUT2D eigenvalue weighted by Gasteiger charge is 1.97. The van der Waals surface area contributed by atoms with Crippen LogP contribution in [0, 0.1) is 0 Å². The maximum Gasteiger partial charge on any atom is 0.221 e. The molecule has 86 valence electrons. The number of amides is 1. The first-order chi connectivity index (χ1) is 9.91. The summed E-state index contributed by atoms with van der Waals surface area (Å²) in [5.41, 5.74) is 0.942. The Kier molecular flexibility index (Phi) is 2.00. The Morgan fingerprint density at radius 3 is 2.44 bits per heavy atom. The molecule has 0 bridgehead atoms. The molecule has 1 aromatic carbocycles. The van der Waals surface area contributed by atoms with Crippen LogP contribution in [0.2, 0.25) is 0 Å². The van der Waals surface area contributed by atoms with Crippen molar-refractivity contribution in [3.63, 3.8) is 0 Å². The fourth-order valence-corrected chi connectivity index (χ4v) is 1.06. The van der Waals surface area contributed by atoms with Crippen LogP contribution in [0.15, 0.2) is 29.3 Å². The van der Waals surface area contributed by atoms with Gasteiger partial charge in [0.15, 0.2) is 0 Å². The van der Waals surface area contributed by atoms with Gasteiger partial charge in [-0.05, 0) is 31.2 Å². The van der Waals surface area contributed by atoms with E-state index in [1.54, 1.807) is 24.3 Å². The van der Waals surface area contributed by atoms with Gasteiger partial charge in [-0.25, -0.2) is 4.99 Å². The van der Waals surface area contributed by atoms with Crippen LogP contribution >= 0.6 is 0 Å². The van der Waals surface area contributed by atoms with Crippen molar-refractivity contribution in [1.82, 2.24) is 4.90 Å². The second-order valence-corrected chi connectivity index (χ2v) is 3.22. The number of carbonyl (C=O) groups excluding carboxylic acids is 1. The summed E-state index contributed by atoms with van der Waals surface area (Å²) in [5.74, 6) is -0.365. The number of hydrogen-bond acceptors (Lipinski definition) is 2. The summed E-state index contributed by atoms with van der Waals surface area (Å²) in [4.78, 5) is 15.3. The van der Waals surface area contributed by atoms with E-state index in [-0.39, 0.29) is 11.7 Å². The molecule has 4 nitrogen and oxygen atoms in total. The third-order valence-electron chi connectivity index (χ3n) is 1.80. The number of benzene rings is 1. The van der Waals surface area contributed by atoms with E-state index in [4.69, 9.17) is 8.22 Å². The van der Waals surface area contributed by atoms with Crippen LogP contribution in [0.1, 0.15) is 22.1 Å². The van der Waals surface area contributed by atoms with Crippen LogP contribution in [0.4, 0.5) is 11.4 Å². The molecule has 0 radical (unpaired) electrons. The van der Waals surface area contributed by atoms with E-state index in [2.05, 4.69) is 10.3 Å². The predicted molar refractivity (Wildman–Crippen MR) is 67.2 cm³/mol. The second-order valence-electron chi connectivity index (χ2n) is 3.22. The number of hydrogen-bond donors (Lipinski definition) is 1. The zero-order valence-corrected chi connectivity index (χ0v) is 9.11. The summed E-state index contributed by atoms with van der Waals surface area (Å²) in [6.07, 6.45) is 0. The van der Waals surface area contributed by atoms with Gasteiger partial charge in [-0.1, -0.05) is 0 Å². The Morgan fingerprint density at radius 2 is 1.94 bits per heavy atom. The van der Waals surface area contributed by atoms with Gasteiger partial charge in [0.1, 0.15) is 5.84 Å². The molecule has 0 aromatic heterocycles. The molecule has 0 aliphatic rings. The van der Waals surface area contributed by atoms with Gasteiger partial charge in [-0.15, -0.1) is 0 Å². The highest BCUT2D eigenvalue weighted by Crippen LogP contribution is 2.16. The lowest BCUT2D eigenvalue weighted by molar-refractivity contribution is -0.114. The van der Waals surface area contributed by atoms with E-state index in [0.29, 0.717) is 16.3 Å². The first-order valence-corrected chi connectivity index (χ1v) is 4.64. The van der Waals surface area contributed by atoms with Crippen LogP contribution in [0.25, 0.3) is 0 Å². The van der Waals surface area contributed by atoms with Gasteiger partial charge >= 0.3 is 0 Å². The first kappa shape index (κ1) is 6.03. The molecule has 1 rings (SSSR count). The van der Waals surface area contributed by atoms with E-state index in [0.717, 1.165) is 0 Å². The Hall–Kier alpha value is -1.84. The minimum absolute atomic E-state index is 0.146. The molecule has 16 heavy (non-hydrogen) atoms. The molecule has 0 saturated heterocycles. The van der Waals surface area contributed by atoms with Gasteiger partial charge in [-0.3, -0.25) is 4.79 Å². The van der Waals surface area contributed by atoms with Crippen molar-refractivity contribution >= 4 is 23.1 Å². The molecule has 1 amide bonds. The van der Waals surface area contributed by atoms with Crippen molar-refractivity contribution in [3.05, 3.63) is 24.3 Å². The van der Waals surface area contributed by atoms with Gasteiger partial charge in [0.2, 0.25) is 5.91 Å². The molecule has 4 heteroatoms. The fourth-order valence-electron chi connectivity index (χ4n) is 1.06. The van der Waals surface area contributed by atoms with Crippen molar-refractivity contribution in [2.45, 2.75) is 13.8 Å². The minimum atomic E-state index is -2.82. The number of amidine groups is 1. The summed E-state index contributed by atoms with van der Waals surface area (Å²) in [6.45, 7) is -2.95. The predicted octanol–water partition coefficient (Wildman–Crippen LogP) is 2.26. The molecule has 1 N–H and O–H groups in total. The van der Waals surface area contributed by atoms with Crippen molar-refractivity contribution in [3.8, 4) is 0 Å². The van der Waals surface area contributed by atoms with Crippen LogP contribution in [-0.2, 0) is 4.79 Å². The van der Waals surface area contributed by atoms with Crippen molar-refractivity contribution in [1.29, 1.82) is 0 Å². The molecule has 0 spiro atoms. The Morgan fingerprint density at radius 1 is 1.31 bits per heavy atom. The third-order valence-corrected chi connectivity index (χ3v) is 1.80. The van der Waals surface area contributed by atoms with Crippen LogP contribution < -0.4 is 5.32 Å². The zero-order valence-electron chi connectivity index (χ0n) is 15.1. The zero-order chi connectivity index (χ0) is 17.1. The van der Waals surface area contributed by atoms with Crippen LogP contribution in [-0.4, -0.2) is 30.6 Å². The number of rotatable bonds is 2. The lowest BCUT2D eigenvalue weighted by Gasteiger charge is -2.11. The summed E-state index contributed by atoms with van der Waals surface area (Å²) in [5, 5.41) is 2.58. The quantitative estimate of drug-likeness (QED) is 0.620. The first-order valence-electron chi connectivity index (χ1n) is 7.64. The largest absolute Gasteiger partial charge is 0.366 e. The molecule has 0 unspecified atom stereocenters. The van der Waals surface area contributed by atoms with Gasteiger partial charge in [0.25, 0.3) is 0 Å². The maximum absolute atomic E-state index is 10.9. The number of nitrogens with one attached hydrogen (secondary N) is 1. The number of aliphatic imine (C=N–C) groups is 1. The maximum atomic E-state index is 10.9. The van der Waals surface area contributed by atoms with Gasteiger partial charge in [0, 0.05) is 34.8 Å². The fraction of sp³-hybridized carbons (Fsp3) is 0.333. The van der Waals surface area contributed by atoms with Gasteiger partial charge in [-0.2, -0.15) is 0 Å². The second kappa shape index (κ2) is 5.30. The molecular formula is C12H17N3O. The molecule has 1 aromatic rings. The molecule has 0 fully saturated rings. The van der Waals surface area contributed by atoms with E-state index >= 15 is 0 Å². The van der Waals surface area contributed by atoms with Crippen molar-refractivity contribution < 1.29 is 13.0 Å². The Balaban J connectivity index is 3.06. The third kappa shape index (κ3) is 3.73. The van der Waals surface area contributed by atoms with Gasteiger partial charge < -0.3 is 10.2 Å². The topological polar surface area (TPSA) is 44.7 Å². The molecule has 0 aliphatic heterocycles. The highest BCUT2D eigenvalue weighted by atomic mass is 16.1. The Labute approximate surface area is 104 Å². The highest BCUT2D eigenvalue weighted by molar-refractivity contribution is 5.89. The Bertz CT molecular complexity index is 548. The number of nitrogens with zero attached hydrogens (tertiary/aromatic N) is 2. The summed E-state index contributed by atoms with van der Waals surface area (Å²) < 4.78 is 43.9. The van der Waals surface area contributed by atoms with Gasteiger partial charge in [0.05, 0.1) is 5.69 Å². The number of anilines is 1. The molecule has 0 atom stereocenters. The average Bonchev–Trinajstić information content (AvgIpc) is 2.26. The molecular weight excluding hydrogens is 202 g/mol. The van der Waals surface area contributed by atoms with E-state index in [9.17, 15) is 4.79 Å². The standard InChI is InChI=1S/C12H17N3O/c1-9(15(3)4)13-11-5-7-12(8-6-11)14-10(2)16/h5-8H,1-4H3,(H,14,16)/i3D3,4D3. The molecule has 0 aliphatic carbocycles. The SMILES string of the molecule is [2H]C([2H])([2H])N(C(C)=Nc1ccc(NC(C)=O)cc1)C([2H])([2H])[2H].